The van der Waals surface area contributed by atoms with Crippen molar-refractivity contribution in [1.82, 2.24) is 20.9 Å². The normalized spacial score (nSPS) is 14.1. The van der Waals surface area contributed by atoms with Crippen molar-refractivity contribution in [3.8, 4) is 5.75 Å². The van der Waals surface area contributed by atoms with E-state index in [0.29, 0.717) is 11.1 Å². The molecule has 39 heavy (non-hydrogen) atoms. The lowest BCUT2D eigenvalue weighted by molar-refractivity contribution is -0.142. The number of benzene rings is 2. The summed E-state index contributed by atoms with van der Waals surface area (Å²) in [6.45, 7) is 0. The first-order valence-electron chi connectivity index (χ1n) is 12.1. The van der Waals surface area contributed by atoms with Crippen LogP contribution in [0.1, 0.15) is 11.1 Å². The summed E-state index contributed by atoms with van der Waals surface area (Å²) >= 11 is 8.17. The highest BCUT2D eigenvalue weighted by atomic mass is 32.1. The van der Waals surface area contributed by atoms with E-state index in [1.165, 1.54) is 12.1 Å². The second kappa shape index (κ2) is 13.9. The number of para-hydroxylation sites is 1. The van der Waals surface area contributed by atoms with E-state index in [2.05, 4.69) is 46.2 Å². The number of aromatic nitrogens is 1. The molecule has 0 spiro atoms. The molecule has 0 aliphatic carbocycles. The van der Waals surface area contributed by atoms with Crippen molar-refractivity contribution in [2.45, 2.75) is 37.0 Å². The van der Waals surface area contributed by atoms with Crippen LogP contribution in [0.25, 0.3) is 10.9 Å². The van der Waals surface area contributed by atoms with E-state index in [0.717, 1.165) is 10.9 Å². The number of nitrogens with two attached hydrogens (primary N) is 1. The molecule has 4 atom stereocenters. The first-order chi connectivity index (χ1) is 18.6. The van der Waals surface area contributed by atoms with Crippen LogP contribution in [0.2, 0.25) is 0 Å². The van der Waals surface area contributed by atoms with Crippen LogP contribution in [0.4, 0.5) is 0 Å². The molecule has 3 amide bonds. The van der Waals surface area contributed by atoms with Crippen molar-refractivity contribution < 1.29 is 29.4 Å². The number of carbonyl (C=O) groups excluding carboxylic acids is 3. The molecule has 11 nitrogen and oxygen atoms in total. The van der Waals surface area contributed by atoms with Crippen LogP contribution in [0, 0.1) is 0 Å². The van der Waals surface area contributed by atoms with E-state index in [1.807, 2.05) is 24.3 Å². The Morgan fingerprint density at radius 2 is 1.44 bits per heavy atom. The molecule has 1 aromatic heterocycles. The van der Waals surface area contributed by atoms with Gasteiger partial charge in [0.15, 0.2) is 0 Å². The number of aromatic amines is 1. The first kappa shape index (κ1) is 29.9. The monoisotopic (exact) mass is 573 g/mol. The fraction of sp³-hybridized carbons (Fsp3) is 0.308. The molecule has 4 unspecified atom stereocenters. The molecule has 2 aromatic carbocycles. The van der Waals surface area contributed by atoms with Gasteiger partial charge in [0.25, 0.3) is 0 Å². The minimum Gasteiger partial charge on any atom is -0.508 e. The Morgan fingerprint density at radius 1 is 0.821 bits per heavy atom. The highest BCUT2D eigenvalue weighted by molar-refractivity contribution is 7.80. The number of phenolic OH excluding ortho intramolecular Hbond substituents is 1. The van der Waals surface area contributed by atoms with Gasteiger partial charge in [-0.2, -0.15) is 25.3 Å². The summed E-state index contributed by atoms with van der Waals surface area (Å²) in [6, 6.07) is 8.90. The predicted octanol–water partition coefficient (Wildman–Crippen LogP) is 0.385. The molecule has 0 aliphatic rings. The van der Waals surface area contributed by atoms with Gasteiger partial charge in [0.2, 0.25) is 17.7 Å². The summed E-state index contributed by atoms with van der Waals surface area (Å²) in [6.07, 6.45) is 1.74. The number of carboxylic acid groups (broad SMARTS) is 1. The van der Waals surface area contributed by atoms with Crippen molar-refractivity contribution in [2.75, 3.05) is 11.5 Å². The third-order valence-electron chi connectivity index (χ3n) is 6.07. The fourth-order valence-electron chi connectivity index (χ4n) is 3.90. The molecule has 3 rings (SSSR count). The minimum absolute atomic E-state index is 0.0134. The SMILES string of the molecule is NC(CS)C(=O)NC(Cc1ccc(O)cc1)C(=O)NC(CS)C(=O)NC(Cc1c[nH]c2ccccc12)C(=O)O. The number of H-pyrrole nitrogens is 1. The van der Waals surface area contributed by atoms with Crippen LogP contribution in [-0.2, 0) is 32.0 Å². The number of aliphatic carboxylic acids is 1. The number of rotatable bonds is 13. The second-order valence-corrected chi connectivity index (χ2v) is 9.66. The third kappa shape index (κ3) is 8.15. The molecule has 3 aromatic rings. The number of carbonyl (C=O) groups is 4. The van der Waals surface area contributed by atoms with Crippen molar-refractivity contribution >= 4 is 59.9 Å². The van der Waals surface area contributed by atoms with Gasteiger partial charge in [0.1, 0.15) is 23.9 Å². The van der Waals surface area contributed by atoms with Gasteiger partial charge in [-0.15, -0.1) is 0 Å². The van der Waals surface area contributed by atoms with Crippen LogP contribution in [0.5, 0.6) is 5.75 Å². The molecule has 1 heterocycles. The quantitative estimate of drug-likeness (QED) is 0.132. The number of amides is 3. The van der Waals surface area contributed by atoms with E-state index in [9.17, 15) is 29.4 Å². The number of nitrogens with one attached hydrogen (secondary N) is 4. The zero-order chi connectivity index (χ0) is 28.5. The van der Waals surface area contributed by atoms with Crippen LogP contribution in [-0.4, -0.2) is 74.6 Å². The number of aromatic hydroxyl groups is 1. The van der Waals surface area contributed by atoms with Crippen molar-refractivity contribution in [1.29, 1.82) is 0 Å². The smallest absolute Gasteiger partial charge is 0.326 e. The Morgan fingerprint density at radius 3 is 2.08 bits per heavy atom. The van der Waals surface area contributed by atoms with Gasteiger partial charge in [0.05, 0.1) is 6.04 Å². The second-order valence-electron chi connectivity index (χ2n) is 8.93. The van der Waals surface area contributed by atoms with Crippen molar-refractivity contribution in [3.63, 3.8) is 0 Å². The lowest BCUT2D eigenvalue weighted by Gasteiger charge is -2.24. The Bertz CT molecular complexity index is 1320. The zero-order valence-electron chi connectivity index (χ0n) is 20.8. The number of thiol groups is 2. The molecule has 0 aliphatic heterocycles. The predicted molar refractivity (Wildman–Crippen MR) is 153 cm³/mol. The lowest BCUT2D eigenvalue weighted by Crippen LogP contribution is -2.58. The average Bonchev–Trinajstić information content (AvgIpc) is 3.33. The summed E-state index contributed by atoms with van der Waals surface area (Å²) < 4.78 is 0. The maximum Gasteiger partial charge on any atom is 0.326 e. The van der Waals surface area contributed by atoms with Gasteiger partial charge < -0.3 is 36.9 Å². The van der Waals surface area contributed by atoms with Gasteiger partial charge >= 0.3 is 5.97 Å². The van der Waals surface area contributed by atoms with E-state index < -0.39 is 47.9 Å². The number of hydrogen-bond acceptors (Lipinski definition) is 8. The minimum atomic E-state index is -1.27. The van der Waals surface area contributed by atoms with E-state index in [-0.39, 0.29) is 30.1 Å². The summed E-state index contributed by atoms with van der Waals surface area (Å²) in [5.41, 5.74) is 7.91. The number of fused-ring (bicyclic) bond motifs is 1. The number of carboxylic acids is 1. The Labute approximate surface area is 235 Å². The van der Waals surface area contributed by atoms with E-state index in [4.69, 9.17) is 5.73 Å². The molecule has 8 N–H and O–H groups in total. The number of hydrogen-bond donors (Lipinski definition) is 9. The average molecular weight is 574 g/mol. The summed E-state index contributed by atoms with van der Waals surface area (Å²) in [4.78, 5) is 53.7. The van der Waals surface area contributed by atoms with Crippen LogP contribution >= 0.6 is 25.3 Å². The zero-order valence-corrected chi connectivity index (χ0v) is 22.6. The maximum absolute atomic E-state index is 13.2. The Kier molecular flexibility index (Phi) is 10.7. The summed E-state index contributed by atoms with van der Waals surface area (Å²) in [5.74, 6) is -3.33. The summed E-state index contributed by atoms with van der Waals surface area (Å²) in [7, 11) is 0. The molecule has 208 valence electrons. The first-order valence-corrected chi connectivity index (χ1v) is 13.3. The van der Waals surface area contributed by atoms with E-state index >= 15 is 0 Å². The van der Waals surface area contributed by atoms with Gasteiger partial charge in [-0.25, -0.2) is 4.79 Å². The molecule has 0 saturated carbocycles. The van der Waals surface area contributed by atoms with Crippen molar-refractivity contribution in [2.24, 2.45) is 5.73 Å². The third-order valence-corrected chi connectivity index (χ3v) is 6.83. The Balaban J connectivity index is 1.72. The van der Waals surface area contributed by atoms with Crippen LogP contribution in [0.3, 0.4) is 0 Å². The van der Waals surface area contributed by atoms with Gasteiger partial charge in [-0.05, 0) is 29.3 Å². The van der Waals surface area contributed by atoms with Crippen LogP contribution in [0.15, 0.2) is 54.7 Å². The molecule has 0 bridgehead atoms. The molecule has 0 saturated heterocycles. The molecular formula is C26H31N5O6S2. The van der Waals surface area contributed by atoms with Gasteiger partial charge in [0, 0.05) is 41.4 Å². The molecule has 0 fully saturated rings. The topological polar surface area (TPSA) is 187 Å². The standard InChI is InChI=1S/C26H31N5O6S2/c27-18(12-38)23(33)29-20(9-14-5-7-16(32)8-6-14)24(34)31-22(13-39)25(35)30-21(26(36)37)10-15-11-28-19-4-2-1-3-17(15)19/h1-8,11,18,20-22,28,32,38-39H,9-10,12-13,27H2,(H,29,33)(H,30,35)(H,31,34)(H,36,37). The lowest BCUT2D eigenvalue weighted by atomic mass is 10.0. The van der Waals surface area contributed by atoms with Crippen molar-refractivity contribution in [3.05, 3.63) is 65.9 Å². The molecular weight excluding hydrogens is 542 g/mol. The Hall–Kier alpha value is -3.68. The maximum atomic E-state index is 13.2. The largest absolute Gasteiger partial charge is 0.508 e. The van der Waals surface area contributed by atoms with Gasteiger partial charge in [-0.3, -0.25) is 14.4 Å². The van der Waals surface area contributed by atoms with E-state index in [1.54, 1.807) is 18.3 Å². The molecule has 0 radical (unpaired) electrons. The summed E-state index contributed by atoms with van der Waals surface area (Å²) in [5, 5.41) is 27.7. The highest BCUT2D eigenvalue weighted by Gasteiger charge is 2.30. The van der Waals surface area contributed by atoms with Crippen LogP contribution < -0.4 is 21.7 Å². The highest BCUT2D eigenvalue weighted by Crippen LogP contribution is 2.19. The number of phenols is 1. The van der Waals surface area contributed by atoms with Gasteiger partial charge in [-0.1, -0.05) is 30.3 Å². The molecule has 13 heteroatoms. The fourth-order valence-corrected chi connectivity index (χ4v) is 4.32.